The van der Waals surface area contributed by atoms with Gasteiger partial charge in [-0.1, -0.05) is 13.3 Å². The van der Waals surface area contributed by atoms with E-state index in [9.17, 15) is 5.11 Å². The van der Waals surface area contributed by atoms with Crippen molar-refractivity contribution in [3.05, 3.63) is 23.3 Å². The molecule has 0 aliphatic heterocycles. The van der Waals surface area contributed by atoms with Crippen molar-refractivity contribution in [1.82, 2.24) is 9.97 Å². The highest BCUT2D eigenvalue weighted by atomic mass is 16.5. The highest BCUT2D eigenvalue weighted by Gasteiger charge is 2.34. The largest absolute Gasteiger partial charge is 0.392 e. The topological polar surface area (TPSA) is 55.2 Å². The Balaban J connectivity index is 2.24. The van der Waals surface area contributed by atoms with Crippen molar-refractivity contribution in [2.75, 3.05) is 7.11 Å². The summed E-state index contributed by atoms with van der Waals surface area (Å²) in [7, 11) is 1.71. The summed E-state index contributed by atoms with van der Waals surface area (Å²) in [6.45, 7) is 2.12. The number of methoxy groups -OCH3 is 1. The predicted octanol–water partition coefficient (Wildman–Crippen LogP) is 2.02. The van der Waals surface area contributed by atoms with Crippen molar-refractivity contribution in [1.29, 1.82) is 0 Å². The molecule has 2 rings (SSSR count). The first-order valence-electron chi connectivity index (χ1n) is 6.28. The van der Waals surface area contributed by atoms with Gasteiger partial charge in [0.05, 0.1) is 6.61 Å². The molecule has 1 unspecified atom stereocenters. The Hall–Kier alpha value is -1.00. The van der Waals surface area contributed by atoms with E-state index in [1.807, 2.05) is 0 Å². The first-order valence-corrected chi connectivity index (χ1v) is 6.28. The van der Waals surface area contributed by atoms with Gasteiger partial charge in [-0.2, -0.15) is 0 Å². The van der Waals surface area contributed by atoms with Gasteiger partial charge in [-0.05, 0) is 25.2 Å². The molecule has 1 aromatic heterocycles. The molecule has 0 radical (unpaired) electrons. The van der Waals surface area contributed by atoms with Crippen LogP contribution in [0.5, 0.6) is 0 Å². The molecule has 4 nitrogen and oxygen atoms in total. The number of aliphatic hydroxyl groups excluding tert-OH is 1. The average Bonchev–Trinajstić information content (AvgIpc) is 3.15. The van der Waals surface area contributed by atoms with Crippen molar-refractivity contribution in [2.24, 2.45) is 5.92 Å². The van der Waals surface area contributed by atoms with E-state index in [-0.39, 0.29) is 12.7 Å². The zero-order valence-corrected chi connectivity index (χ0v) is 10.5. The monoisotopic (exact) mass is 236 g/mol. The van der Waals surface area contributed by atoms with E-state index in [1.54, 1.807) is 13.3 Å². The fourth-order valence-electron chi connectivity index (χ4n) is 2.09. The van der Waals surface area contributed by atoms with Crippen molar-refractivity contribution in [2.45, 2.75) is 45.3 Å². The molecule has 1 fully saturated rings. The van der Waals surface area contributed by atoms with Crippen molar-refractivity contribution >= 4 is 0 Å². The Morgan fingerprint density at radius 2 is 2.29 bits per heavy atom. The Morgan fingerprint density at radius 3 is 2.82 bits per heavy atom. The number of rotatable bonds is 6. The molecule has 1 heterocycles. The summed E-state index contributed by atoms with van der Waals surface area (Å²) < 4.78 is 5.48. The SMILES string of the molecule is CCCc1nc(C(OC)C2CC2)ncc1CO. The maximum atomic E-state index is 9.24. The summed E-state index contributed by atoms with van der Waals surface area (Å²) in [5.41, 5.74) is 1.80. The van der Waals surface area contributed by atoms with E-state index in [0.29, 0.717) is 5.92 Å². The van der Waals surface area contributed by atoms with Crippen LogP contribution in [-0.4, -0.2) is 22.2 Å². The summed E-state index contributed by atoms with van der Waals surface area (Å²) in [4.78, 5) is 8.90. The second kappa shape index (κ2) is 5.56. The maximum absolute atomic E-state index is 9.24. The molecule has 94 valence electrons. The van der Waals surface area contributed by atoms with Gasteiger partial charge < -0.3 is 9.84 Å². The lowest BCUT2D eigenvalue weighted by Crippen LogP contribution is -2.12. The molecular weight excluding hydrogens is 216 g/mol. The number of aromatic nitrogens is 2. The first-order chi connectivity index (χ1) is 8.30. The number of aryl methyl sites for hydroxylation is 1. The van der Waals surface area contributed by atoms with E-state index in [4.69, 9.17) is 4.74 Å². The van der Waals surface area contributed by atoms with Gasteiger partial charge >= 0.3 is 0 Å². The molecule has 17 heavy (non-hydrogen) atoms. The van der Waals surface area contributed by atoms with Gasteiger partial charge in [-0.15, -0.1) is 0 Å². The minimum Gasteiger partial charge on any atom is -0.392 e. The van der Waals surface area contributed by atoms with Gasteiger partial charge in [-0.25, -0.2) is 9.97 Å². The van der Waals surface area contributed by atoms with Crippen LogP contribution in [0.3, 0.4) is 0 Å². The Labute approximate surface area is 102 Å². The van der Waals surface area contributed by atoms with Crippen molar-refractivity contribution < 1.29 is 9.84 Å². The number of nitrogens with zero attached hydrogens (tertiary/aromatic N) is 2. The van der Waals surface area contributed by atoms with Crippen molar-refractivity contribution in [3.8, 4) is 0 Å². The van der Waals surface area contributed by atoms with Crippen LogP contribution in [0.15, 0.2) is 6.20 Å². The fourth-order valence-corrected chi connectivity index (χ4v) is 2.09. The average molecular weight is 236 g/mol. The van der Waals surface area contributed by atoms with Gasteiger partial charge in [0.2, 0.25) is 0 Å². The van der Waals surface area contributed by atoms with Crippen LogP contribution in [0.2, 0.25) is 0 Å². The van der Waals surface area contributed by atoms with Crippen molar-refractivity contribution in [3.63, 3.8) is 0 Å². The number of hydrogen-bond donors (Lipinski definition) is 1. The van der Waals surface area contributed by atoms with Gasteiger partial charge in [0.15, 0.2) is 5.82 Å². The molecule has 0 saturated heterocycles. The van der Waals surface area contributed by atoms with Crippen LogP contribution in [0.4, 0.5) is 0 Å². The second-order valence-electron chi connectivity index (χ2n) is 4.60. The Kier molecular flexibility index (Phi) is 4.07. The van der Waals surface area contributed by atoms with Crippen LogP contribution in [0.25, 0.3) is 0 Å². The van der Waals surface area contributed by atoms with E-state index < -0.39 is 0 Å². The standard InChI is InChI=1S/C13H20N2O2/c1-3-4-11-10(8-16)7-14-13(15-11)12(17-2)9-5-6-9/h7,9,12,16H,3-6,8H2,1-2H3. The predicted molar refractivity (Wildman–Crippen MR) is 64.4 cm³/mol. The summed E-state index contributed by atoms with van der Waals surface area (Å²) in [6, 6.07) is 0. The first kappa shape index (κ1) is 12.5. The van der Waals surface area contributed by atoms with E-state index in [0.717, 1.165) is 29.9 Å². The van der Waals surface area contributed by atoms with Crippen LogP contribution in [0, 0.1) is 5.92 Å². The third kappa shape index (κ3) is 2.82. The minimum atomic E-state index is 0.0106. The quantitative estimate of drug-likeness (QED) is 0.821. The van der Waals surface area contributed by atoms with Gasteiger partial charge in [-0.3, -0.25) is 0 Å². The molecule has 1 aromatic rings. The summed E-state index contributed by atoms with van der Waals surface area (Å²) in [5.74, 6) is 1.35. The van der Waals surface area contributed by atoms with E-state index in [2.05, 4.69) is 16.9 Å². The Morgan fingerprint density at radius 1 is 1.53 bits per heavy atom. The van der Waals surface area contributed by atoms with Crippen LogP contribution >= 0.6 is 0 Å². The number of ether oxygens (including phenoxy) is 1. The molecule has 1 saturated carbocycles. The molecule has 1 N–H and O–H groups in total. The third-order valence-electron chi connectivity index (χ3n) is 3.19. The minimum absolute atomic E-state index is 0.0106. The molecule has 0 amide bonds. The Bertz CT molecular complexity index is 378. The normalized spacial score (nSPS) is 17.1. The number of aliphatic hydroxyl groups is 1. The van der Waals surface area contributed by atoms with Gasteiger partial charge in [0.25, 0.3) is 0 Å². The zero-order chi connectivity index (χ0) is 12.3. The lowest BCUT2D eigenvalue weighted by atomic mass is 10.1. The lowest BCUT2D eigenvalue weighted by molar-refractivity contribution is 0.0768. The lowest BCUT2D eigenvalue weighted by Gasteiger charge is -2.15. The second-order valence-corrected chi connectivity index (χ2v) is 4.60. The maximum Gasteiger partial charge on any atom is 0.157 e. The van der Waals surface area contributed by atoms with Gasteiger partial charge in [0.1, 0.15) is 6.10 Å². The summed E-state index contributed by atoms with van der Waals surface area (Å²) in [6.07, 6.45) is 6.07. The zero-order valence-electron chi connectivity index (χ0n) is 10.5. The molecule has 1 aliphatic rings. The highest BCUT2D eigenvalue weighted by molar-refractivity contribution is 5.18. The van der Waals surface area contributed by atoms with E-state index in [1.165, 1.54) is 12.8 Å². The molecule has 0 bridgehead atoms. The van der Waals surface area contributed by atoms with Crippen LogP contribution in [-0.2, 0) is 17.8 Å². The fraction of sp³-hybridized carbons (Fsp3) is 0.692. The molecule has 0 spiro atoms. The molecule has 0 aromatic carbocycles. The molecular formula is C13H20N2O2. The summed E-state index contributed by atoms with van der Waals surface area (Å²) in [5, 5.41) is 9.24. The highest BCUT2D eigenvalue weighted by Crippen LogP contribution is 2.41. The third-order valence-corrected chi connectivity index (χ3v) is 3.19. The van der Waals surface area contributed by atoms with E-state index >= 15 is 0 Å². The molecule has 1 atom stereocenters. The number of hydrogen-bond acceptors (Lipinski definition) is 4. The summed E-state index contributed by atoms with van der Waals surface area (Å²) >= 11 is 0. The molecule has 4 heteroatoms. The molecule has 1 aliphatic carbocycles. The van der Waals surface area contributed by atoms with Crippen LogP contribution in [0.1, 0.15) is 49.4 Å². The smallest absolute Gasteiger partial charge is 0.157 e. The van der Waals surface area contributed by atoms with Crippen LogP contribution < -0.4 is 0 Å². The van der Waals surface area contributed by atoms with Gasteiger partial charge in [0, 0.05) is 24.6 Å².